The average Bonchev–Trinajstić information content (AvgIpc) is 3.06. The third kappa shape index (κ3) is 2.08. The van der Waals surface area contributed by atoms with E-state index in [9.17, 15) is 9.50 Å². The summed E-state index contributed by atoms with van der Waals surface area (Å²) in [6.07, 6.45) is 5.76. The number of pyridine rings is 1. The minimum absolute atomic E-state index is 0.361. The molecule has 0 radical (unpaired) electrons. The minimum Gasteiger partial charge on any atom is -0.385 e. The first-order valence-corrected chi connectivity index (χ1v) is 8.68. The van der Waals surface area contributed by atoms with Crippen LogP contribution >= 0.6 is 0 Å². The lowest BCUT2D eigenvalue weighted by Crippen LogP contribution is -2.33. The first-order chi connectivity index (χ1) is 12.6. The van der Waals surface area contributed by atoms with Gasteiger partial charge in [0.2, 0.25) is 0 Å². The maximum atomic E-state index is 14.7. The van der Waals surface area contributed by atoms with Crippen LogP contribution in [0.1, 0.15) is 30.5 Å². The predicted octanol–water partition coefficient (Wildman–Crippen LogP) is 3.76. The van der Waals surface area contributed by atoms with E-state index in [1.54, 1.807) is 24.5 Å². The lowest BCUT2D eigenvalue weighted by atomic mass is 9.75. The van der Waals surface area contributed by atoms with Crippen molar-refractivity contribution in [3.63, 3.8) is 0 Å². The quantitative estimate of drug-likeness (QED) is 0.599. The Balaban J connectivity index is 1.81. The number of rotatable bonds is 2. The second-order valence-corrected chi connectivity index (χ2v) is 6.93. The molecule has 0 unspecified atom stereocenters. The number of hydrogen-bond acceptors (Lipinski definition) is 4. The van der Waals surface area contributed by atoms with Gasteiger partial charge in [0.15, 0.2) is 5.65 Å². The van der Waals surface area contributed by atoms with Crippen molar-refractivity contribution in [3.05, 3.63) is 59.8 Å². The molecule has 5 rings (SSSR count). The number of nitrogens with zero attached hydrogens (tertiary/aromatic N) is 4. The molecule has 1 saturated carbocycles. The summed E-state index contributed by atoms with van der Waals surface area (Å²) < 4.78 is 16.5. The Bertz CT molecular complexity index is 1160. The summed E-state index contributed by atoms with van der Waals surface area (Å²) in [5.41, 5.74) is 3.20. The predicted molar refractivity (Wildman–Crippen MR) is 96.2 cm³/mol. The Morgan fingerprint density at radius 1 is 1.19 bits per heavy atom. The van der Waals surface area contributed by atoms with Gasteiger partial charge >= 0.3 is 0 Å². The van der Waals surface area contributed by atoms with Crippen LogP contribution in [0.5, 0.6) is 0 Å². The summed E-state index contributed by atoms with van der Waals surface area (Å²) in [5.74, 6) is 0.0965. The van der Waals surface area contributed by atoms with Crippen LogP contribution in [0.25, 0.3) is 28.1 Å². The molecule has 3 aromatic heterocycles. The van der Waals surface area contributed by atoms with Crippen LogP contribution in [0, 0.1) is 12.7 Å². The zero-order valence-electron chi connectivity index (χ0n) is 14.3. The summed E-state index contributed by atoms with van der Waals surface area (Å²) >= 11 is 0. The molecule has 0 amide bonds. The minimum atomic E-state index is -0.854. The second kappa shape index (κ2) is 5.32. The van der Waals surface area contributed by atoms with E-state index in [1.807, 2.05) is 23.5 Å². The van der Waals surface area contributed by atoms with Crippen molar-refractivity contribution in [3.8, 4) is 11.4 Å². The van der Waals surface area contributed by atoms with Gasteiger partial charge in [0.1, 0.15) is 17.2 Å². The van der Waals surface area contributed by atoms with Crippen molar-refractivity contribution in [2.24, 2.45) is 0 Å². The number of imidazole rings is 1. The number of aryl methyl sites for hydroxylation is 1. The molecule has 1 aliphatic carbocycles. The Kier molecular flexibility index (Phi) is 3.15. The molecular weight excluding hydrogens is 331 g/mol. The van der Waals surface area contributed by atoms with Crippen LogP contribution in [0.4, 0.5) is 4.39 Å². The third-order valence-electron chi connectivity index (χ3n) is 5.32. The van der Waals surface area contributed by atoms with Crippen molar-refractivity contribution < 1.29 is 9.50 Å². The summed E-state index contributed by atoms with van der Waals surface area (Å²) in [6.45, 7) is 1.90. The van der Waals surface area contributed by atoms with Gasteiger partial charge in [0.05, 0.1) is 28.6 Å². The highest BCUT2D eigenvalue weighted by atomic mass is 19.1. The van der Waals surface area contributed by atoms with E-state index in [0.29, 0.717) is 29.9 Å². The van der Waals surface area contributed by atoms with Crippen molar-refractivity contribution in [2.75, 3.05) is 0 Å². The topological polar surface area (TPSA) is 63.3 Å². The highest BCUT2D eigenvalue weighted by molar-refractivity contribution is 5.79. The van der Waals surface area contributed by atoms with Crippen LogP contribution < -0.4 is 0 Å². The lowest BCUT2D eigenvalue weighted by molar-refractivity contribution is -0.0387. The van der Waals surface area contributed by atoms with Gasteiger partial charge in [-0.1, -0.05) is 6.07 Å². The number of hydrogen-bond donors (Lipinski definition) is 1. The summed E-state index contributed by atoms with van der Waals surface area (Å²) in [4.78, 5) is 13.4. The van der Waals surface area contributed by atoms with E-state index < -0.39 is 5.60 Å². The van der Waals surface area contributed by atoms with Gasteiger partial charge in [-0.25, -0.2) is 19.3 Å². The van der Waals surface area contributed by atoms with E-state index in [-0.39, 0.29) is 5.82 Å². The van der Waals surface area contributed by atoms with Gasteiger partial charge in [-0.15, -0.1) is 0 Å². The molecule has 0 atom stereocenters. The largest absolute Gasteiger partial charge is 0.385 e. The van der Waals surface area contributed by atoms with E-state index in [1.165, 1.54) is 6.07 Å². The molecule has 1 N–H and O–H groups in total. The number of halogens is 1. The van der Waals surface area contributed by atoms with Crippen molar-refractivity contribution in [1.82, 2.24) is 19.4 Å². The van der Waals surface area contributed by atoms with Gasteiger partial charge in [0, 0.05) is 6.20 Å². The first-order valence-electron chi connectivity index (χ1n) is 8.68. The van der Waals surface area contributed by atoms with E-state index >= 15 is 0 Å². The Morgan fingerprint density at radius 2 is 2.04 bits per heavy atom. The van der Waals surface area contributed by atoms with Crippen LogP contribution in [0.2, 0.25) is 0 Å². The molecule has 4 aromatic rings. The Hall–Kier alpha value is -2.86. The van der Waals surface area contributed by atoms with Crippen molar-refractivity contribution >= 4 is 16.7 Å². The monoisotopic (exact) mass is 348 g/mol. The molecule has 0 saturated heterocycles. The highest BCUT2D eigenvalue weighted by Crippen LogP contribution is 2.42. The van der Waals surface area contributed by atoms with Gasteiger partial charge in [-0.2, -0.15) is 0 Å². The van der Waals surface area contributed by atoms with Gasteiger partial charge in [0.25, 0.3) is 0 Å². The fourth-order valence-corrected chi connectivity index (χ4v) is 3.68. The maximum Gasteiger partial charge on any atom is 0.164 e. The van der Waals surface area contributed by atoms with Crippen molar-refractivity contribution in [2.45, 2.75) is 31.8 Å². The number of benzene rings is 1. The normalized spacial score (nSPS) is 16.1. The second-order valence-electron chi connectivity index (χ2n) is 6.93. The molecular formula is C20H17FN4O. The van der Waals surface area contributed by atoms with E-state index in [2.05, 4.69) is 15.0 Å². The van der Waals surface area contributed by atoms with Crippen molar-refractivity contribution in [1.29, 1.82) is 0 Å². The maximum absolute atomic E-state index is 14.7. The molecule has 0 aliphatic heterocycles. The van der Waals surface area contributed by atoms with Crippen LogP contribution in [-0.4, -0.2) is 24.5 Å². The highest BCUT2D eigenvalue weighted by Gasteiger charge is 2.36. The molecule has 0 bridgehead atoms. The molecule has 3 heterocycles. The SMILES string of the molecule is Cc1nc2cccnc2n2c(-c3cc(C4(O)CCC4)ccc3F)ncc12. The summed E-state index contributed by atoms with van der Waals surface area (Å²) in [7, 11) is 0. The molecule has 6 heteroatoms. The third-order valence-corrected chi connectivity index (χ3v) is 5.32. The first kappa shape index (κ1) is 15.4. The zero-order chi connectivity index (χ0) is 17.9. The molecule has 1 aliphatic rings. The number of aromatic nitrogens is 4. The molecule has 26 heavy (non-hydrogen) atoms. The standard InChI is InChI=1S/C20H17FN4O/c1-12-17-11-23-18(25(17)19-16(24-12)4-2-9-22-19)14-10-13(5-6-15(14)21)20(26)7-3-8-20/h2,4-6,9-11,26H,3,7-8H2,1H3. The smallest absolute Gasteiger partial charge is 0.164 e. The molecule has 5 nitrogen and oxygen atoms in total. The summed E-state index contributed by atoms with van der Waals surface area (Å²) in [5, 5.41) is 10.7. The summed E-state index contributed by atoms with van der Waals surface area (Å²) in [6, 6.07) is 8.49. The van der Waals surface area contributed by atoms with Crippen LogP contribution in [0.15, 0.2) is 42.7 Å². The molecule has 130 valence electrons. The van der Waals surface area contributed by atoms with E-state index in [4.69, 9.17) is 0 Å². The fourth-order valence-electron chi connectivity index (χ4n) is 3.68. The molecule has 1 fully saturated rings. The Labute approximate surface area is 149 Å². The van der Waals surface area contributed by atoms with Gasteiger partial charge in [-0.3, -0.25) is 4.40 Å². The van der Waals surface area contributed by atoms with Gasteiger partial charge in [-0.05, 0) is 56.0 Å². The van der Waals surface area contributed by atoms with Gasteiger partial charge < -0.3 is 5.11 Å². The van der Waals surface area contributed by atoms with Crippen LogP contribution in [-0.2, 0) is 5.60 Å². The Morgan fingerprint density at radius 3 is 2.81 bits per heavy atom. The fraction of sp³-hybridized carbons (Fsp3) is 0.250. The number of fused-ring (bicyclic) bond motifs is 3. The van der Waals surface area contributed by atoms with E-state index in [0.717, 1.165) is 28.7 Å². The molecule has 1 aromatic carbocycles. The lowest BCUT2D eigenvalue weighted by Gasteiger charge is -2.37. The number of aliphatic hydroxyl groups is 1. The van der Waals surface area contributed by atoms with Crippen LogP contribution in [0.3, 0.4) is 0 Å². The zero-order valence-corrected chi connectivity index (χ0v) is 14.3. The average molecular weight is 348 g/mol. The molecule has 0 spiro atoms.